The predicted octanol–water partition coefficient (Wildman–Crippen LogP) is 5.03. The Hall–Kier alpha value is -3.35. The number of hydrogen-bond donors (Lipinski definition) is 1. The molecule has 0 aromatic heterocycles. The maximum atomic E-state index is 12.9. The first kappa shape index (κ1) is 22.4. The number of nitrogens with zero attached hydrogens (tertiary/aromatic N) is 2. The number of aliphatic carboxylic acids is 1. The van der Waals surface area contributed by atoms with E-state index in [9.17, 15) is 14.7 Å². The zero-order valence-corrected chi connectivity index (χ0v) is 19.3. The maximum absolute atomic E-state index is 12.9. The van der Waals surface area contributed by atoms with Crippen molar-refractivity contribution in [1.82, 2.24) is 9.80 Å². The van der Waals surface area contributed by atoms with E-state index in [4.69, 9.17) is 16.3 Å². The van der Waals surface area contributed by atoms with Crippen molar-refractivity contribution < 1.29 is 19.4 Å². The standard InChI is InChI=1S/C27H25ClN2O4/c28-19-11-9-18(10-12-19)25(26(31)32)29-13-15-30(16-14-29)27(33)34-17-24-22-7-3-1-5-20(22)21-6-2-4-8-23(21)24/h1-12,24-25H,13-17H2,(H,31,32). The van der Waals surface area contributed by atoms with Crippen LogP contribution >= 0.6 is 11.6 Å². The SMILES string of the molecule is O=C(O)C(c1ccc(Cl)cc1)N1CCN(C(=O)OCC2c3ccccc3-c3ccccc32)CC1. The minimum Gasteiger partial charge on any atom is -0.480 e. The quantitative estimate of drug-likeness (QED) is 0.559. The van der Waals surface area contributed by atoms with Gasteiger partial charge in [0.15, 0.2) is 0 Å². The average Bonchev–Trinajstić information content (AvgIpc) is 3.18. The Balaban J connectivity index is 1.21. The normalized spacial score (nSPS) is 16.6. The number of carbonyl (C=O) groups is 2. The van der Waals surface area contributed by atoms with E-state index >= 15 is 0 Å². The minimum atomic E-state index is -0.920. The molecular weight excluding hydrogens is 452 g/mol. The molecule has 7 heteroatoms. The van der Waals surface area contributed by atoms with Crippen LogP contribution in [0.4, 0.5) is 4.79 Å². The fraction of sp³-hybridized carbons (Fsp3) is 0.259. The lowest BCUT2D eigenvalue weighted by Gasteiger charge is -2.37. The molecule has 1 saturated heterocycles. The fourth-order valence-corrected chi connectivity index (χ4v) is 5.13. The second-order valence-corrected chi connectivity index (χ2v) is 9.06. The highest BCUT2D eigenvalue weighted by molar-refractivity contribution is 6.30. The Morgan fingerprint density at radius 2 is 1.44 bits per heavy atom. The van der Waals surface area contributed by atoms with E-state index in [-0.39, 0.29) is 18.6 Å². The summed E-state index contributed by atoms with van der Waals surface area (Å²) in [5.74, 6) is -0.907. The molecule has 1 N–H and O–H groups in total. The van der Waals surface area contributed by atoms with Gasteiger partial charge in [0.25, 0.3) is 0 Å². The molecule has 1 aliphatic heterocycles. The summed E-state index contributed by atoms with van der Waals surface area (Å²) < 4.78 is 5.76. The van der Waals surface area contributed by atoms with Crippen molar-refractivity contribution in [3.8, 4) is 11.1 Å². The van der Waals surface area contributed by atoms with Crippen LogP contribution in [0.25, 0.3) is 11.1 Å². The minimum absolute atomic E-state index is 0.0129. The Bertz CT molecular complexity index is 1160. The second-order valence-electron chi connectivity index (χ2n) is 8.62. The molecule has 1 aliphatic carbocycles. The number of hydrogen-bond acceptors (Lipinski definition) is 4. The van der Waals surface area contributed by atoms with E-state index in [1.165, 1.54) is 22.3 Å². The monoisotopic (exact) mass is 476 g/mol. The number of carboxylic acids is 1. The number of carbonyl (C=O) groups excluding carboxylic acids is 1. The van der Waals surface area contributed by atoms with Gasteiger partial charge >= 0.3 is 12.1 Å². The van der Waals surface area contributed by atoms with Crippen LogP contribution < -0.4 is 0 Å². The summed E-state index contributed by atoms with van der Waals surface area (Å²) >= 11 is 5.95. The van der Waals surface area contributed by atoms with Gasteiger partial charge in [-0.1, -0.05) is 72.3 Å². The van der Waals surface area contributed by atoms with Crippen LogP contribution in [0.2, 0.25) is 5.02 Å². The van der Waals surface area contributed by atoms with Crippen molar-refractivity contribution >= 4 is 23.7 Å². The zero-order chi connectivity index (χ0) is 23.7. The molecule has 1 atom stereocenters. The molecule has 1 fully saturated rings. The predicted molar refractivity (Wildman–Crippen MR) is 130 cm³/mol. The van der Waals surface area contributed by atoms with Crippen LogP contribution in [-0.2, 0) is 9.53 Å². The molecule has 1 unspecified atom stereocenters. The number of fused-ring (bicyclic) bond motifs is 3. The molecule has 0 spiro atoms. The van der Waals surface area contributed by atoms with Crippen LogP contribution in [-0.4, -0.2) is 59.8 Å². The van der Waals surface area contributed by atoms with Gasteiger partial charge in [-0.05, 0) is 39.9 Å². The summed E-state index contributed by atoms with van der Waals surface area (Å²) in [6.07, 6.45) is -0.361. The van der Waals surface area contributed by atoms with E-state index in [1.54, 1.807) is 29.2 Å². The molecule has 6 nitrogen and oxygen atoms in total. The van der Waals surface area contributed by atoms with Crippen molar-refractivity contribution in [3.05, 3.63) is 94.5 Å². The third kappa shape index (κ3) is 4.27. The number of halogens is 1. The summed E-state index contributed by atoms with van der Waals surface area (Å²) in [5, 5.41) is 10.4. The first-order chi connectivity index (χ1) is 16.5. The third-order valence-corrected chi connectivity index (χ3v) is 6.95. The molecule has 2 aliphatic rings. The van der Waals surface area contributed by atoms with Gasteiger partial charge in [0.1, 0.15) is 12.6 Å². The van der Waals surface area contributed by atoms with Gasteiger partial charge in [-0.15, -0.1) is 0 Å². The van der Waals surface area contributed by atoms with Crippen molar-refractivity contribution in [2.24, 2.45) is 0 Å². The number of ether oxygens (including phenoxy) is 1. The van der Waals surface area contributed by atoms with E-state index in [0.29, 0.717) is 36.8 Å². The molecule has 1 amide bonds. The molecule has 3 aromatic carbocycles. The Labute approximate surface area is 203 Å². The van der Waals surface area contributed by atoms with Gasteiger partial charge in [0.2, 0.25) is 0 Å². The maximum Gasteiger partial charge on any atom is 0.409 e. The summed E-state index contributed by atoms with van der Waals surface area (Å²) in [6, 6.07) is 22.6. The van der Waals surface area contributed by atoms with Crippen LogP contribution in [0.5, 0.6) is 0 Å². The summed E-state index contributed by atoms with van der Waals surface area (Å²) in [6.45, 7) is 1.99. The first-order valence-electron chi connectivity index (χ1n) is 11.3. The summed E-state index contributed by atoms with van der Waals surface area (Å²) in [4.78, 5) is 28.4. The van der Waals surface area contributed by atoms with E-state index in [0.717, 1.165) is 0 Å². The van der Waals surface area contributed by atoms with Gasteiger partial charge in [-0.25, -0.2) is 4.79 Å². The molecule has 0 bridgehead atoms. The van der Waals surface area contributed by atoms with Crippen molar-refractivity contribution in [2.45, 2.75) is 12.0 Å². The molecule has 1 heterocycles. The van der Waals surface area contributed by atoms with Crippen LogP contribution in [0.3, 0.4) is 0 Å². The summed E-state index contributed by atoms with van der Waals surface area (Å²) in [7, 11) is 0. The molecule has 0 saturated carbocycles. The smallest absolute Gasteiger partial charge is 0.409 e. The van der Waals surface area contributed by atoms with Crippen LogP contribution in [0, 0.1) is 0 Å². The molecule has 3 aromatic rings. The highest BCUT2D eigenvalue weighted by Crippen LogP contribution is 2.44. The van der Waals surface area contributed by atoms with Crippen LogP contribution in [0.15, 0.2) is 72.8 Å². The average molecular weight is 477 g/mol. The van der Waals surface area contributed by atoms with Gasteiger partial charge in [-0.2, -0.15) is 0 Å². The number of carboxylic acid groups (broad SMARTS) is 1. The Morgan fingerprint density at radius 3 is 2.00 bits per heavy atom. The largest absolute Gasteiger partial charge is 0.480 e. The van der Waals surface area contributed by atoms with Crippen molar-refractivity contribution in [1.29, 1.82) is 0 Å². The topological polar surface area (TPSA) is 70.1 Å². The fourth-order valence-electron chi connectivity index (χ4n) is 5.00. The lowest BCUT2D eigenvalue weighted by molar-refractivity contribution is -0.144. The number of piperazine rings is 1. The molecule has 174 valence electrons. The zero-order valence-electron chi connectivity index (χ0n) is 18.6. The number of rotatable bonds is 5. The lowest BCUT2D eigenvalue weighted by atomic mass is 9.98. The highest BCUT2D eigenvalue weighted by Gasteiger charge is 2.33. The van der Waals surface area contributed by atoms with E-state index in [1.807, 2.05) is 29.2 Å². The van der Waals surface area contributed by atoms with Gasteiger partial charge in [-0.3, -0.25) is 9.69 Å². The second kappa shape index (κ2) is 9.49. The molecular formula is C27H25ClN2O4. The molecule has 0 radical (unpaired) electrons. The van der Waals surface area contributed by atoms with Crippen molar-refractivity contribution in [2.75, 3.05) is 32.8 Å². The van der Waals surface area contributed by atoms with Crippen molar-refractivity contribution in [3.63, 3.8) is 0 Å². The first-order valence-corrected chi connectivity index (χ1v) is 11.7. The number of amides is 1. The molecule has 5 rings (SSSR count). The highest BCUT2D eigenvalue weighted by atomic mass is 35.5. The lowest BCUT2D eigenvalue weighted by Crippen LogP contribution is -2.51. The van der Waals surface area contributed by atoms with Gasteiger partial charge < -0.3 is 14.7 Å². The Morgan fingerprint density at radius 1 is 0.882 bits per heavy atom. The molecule has 34 heavy (non-hydrogen) atoms. The van der Waals surface area contributed by atoms with E-state index < -0.39 is 12.0 Å². The number of benzene rings is 3. The van der Waals surface area contributed by atoms with Gasteiger partial charge in [0.05, 0.1) is 0 Å². The van der Waals surface area contributed by atoms with Gasteiger partial charge in [0, 0.05) is 37.1 Å². The summed E-state index contributed by atoms with van der Waals surface area (Å²) in [5.41, 5.74) is 5.40. The van der Waals surface area contributed by atoms with E-state index in [2.05, 4.69) is 24.3 Å². The Kier molecular flexibility index (Phi) is 6.26. The third-order valence-electron chi connectivity index (χ3n) is 6.69. The van der Waals surface area contributed by atoms with Crippen LogP contribution in [0.1, 0.15) is 28.7 Å².